The van der Waals surface area contributed by atoms with Crippen LogP contribution in [0.15, 0.2) is 12.1 Å². The van der Waals surface area contributed by atoms with E-state index < -0.39 is 23.4 Å². The van der Waals surface area contributed by atoms with E-state index in [4.69, 9.17) is 5.73 Å². The third kappa shape index (κ3) is 2.56. The van der Waals surface area contributed by atoms with Crippen molar-refractivity contribution in [2.24, 2.45) is 11.7 Å². The van der Waals surface area contributed by atoms with Crippen molar-refractivity contribution in [2.75, 3.05) is 18.5 Å². The number of nitrogens with two attached hydrogens (primary N) is 1. The number of alkyl halides is 2. The lowest BCUT2D eigenvalue weighted by Gasteiger charge is -2.34. The monoisotopic (exact) mass is 408 g/mol. The molecule has 1 aromatic carbocycles. The van der Waals surface area contributed by atoms with Crippen molar-refractivity contribution in [3.63, 3.8) is 0 Å². The van der Waals surface area contributed by atoms with Crippen LogP contribution in [0.2, 0.25) is 0 Å². The van der Waals surface area contributed by atoms with E-state index in [9.17, 15) is 13.6 Å². The van der Waals surface area contributed by atoms with Crippen LogP contribution in [-0.4, -0.2) is 29.3 Å². The van der Waals surface area contributed by atoms with Crippen LogP contribution < -0.4 is 5.73 Å². The standard InChI is InChI=1S/C15H19F2IN2O/c1-15(14(19)21,20(2)3)9-5-11-10(12(16)6-9)4-8(7-18)13(11)17/h5-6,8,13H,4,7H2,1-3H3,(H2,19,21). The van der Waals surface area contributed by atoms with Crippen molar-refractivity contribution in [3.8, 4) is 0 Å². The first kappa shape index (κ1) is 16.6. The molecule has 1 aliphatic carbocycles. The molecule has 0 saturated heterocycles. The maximum absolute atomic E-state index is 14.4. The van der Waals surface area contributed by atoms with Gasteiger partial charge in [0, 0.05) is 10.3 Å². The number of benzene rings is 1. The number of halogens is 3. The highest BCUT2D eigenvalue weighted by Crippen LogP contribution is 2.43. The number of carbonyl (C=O) groups excluding carboxylic acids is 1. The maximum atomic E-state index is 14.4. The highest BCUT2D eigenvalue weighted by molar-refractivity contribution is 14.1. The Hall–Kier alpha value is -0.760. The van der Waals surface area contributed by atoms with Gasteiger partial charge < -0.3 is 5.73 Å². The average Bonchev–Trinajstić information content (AvgIpc) is 2.74. The Morgan fingerprint density at radius 2 is 2.14 bits per heavy atom. The molecule has 1 aliphatic rings. The molecular weight excluding hydrogens is 389 g/mol. The third-order valence-corrected chi connectivity index (χ3v) is 5.67. The summed E-state index contributed by atoms with van der Waals surface area (Å²) in [5.41, 5.74) is 5.51. The zero-order chi connectivity index (χ0) is 15.9. The lowest BCUT2D eigenvalue weighted by atomic mass is 9.87. The highest BCUT2D eigenvalue weighted by Gasteiger charge is 2.40. The lowest BCUT2D eigenvalue weighted by molar-refractivity contribution is -0.128. The van der Waals surface area contributed by atoms with Crippen LogP contribution in [0.4, 0.5) is 8.78 Å². The lowest BCUT2D eigenvalue weighted by Crippen LogP contribution is -2.49. The SMILES string of the molecule is CN(C)C(C)(C(N)=O)c1cc(F)c2c(c1)C(F)C(CI)C2. The number of carbonyl (C=O) groups is 1. The Morgan fingerprint density at radius 1 is 1.52 bits per heavy atom. The van der Waals surface area contributed by atoms with Gasteiger partial charge in [-0.3, -0.25) is 9.69 Å². The number of hydrogen-bond acceptors (Lipinski definition) is 2. The van der Waals surface area contributed by atoms with E-state index in [1.807, 2.05) is 0 Å². The number of hydrogen-bond donors (Lipinski definition) is 1. The van der Waals surface area contributed by atoms with E-state index in [1.165, 1.54) is 6.07 Å². The molecule has 1 aromatic rings. The Kier molecular flexibility index (Phi) is 4.58. The van der Waals surface area contributed by atoms with Crippen LogP contribution >= 0.6 is 22.6 Å². The van der Waals surface area contributed by atoms with Crippen molar-refractivity contribution < 1.29 is 13.6 Å². The molecule has 0 spiro atoms. The van der Waals surface area contributed by atoms with E-state index in [0.717, 1.165) is 0 Å². The molecule has 21 heavy (non-hydrogen) atoms. The molecule has 0 aromatic heterocycles. The number of nitrogens with zero attached hydrogens (tertiary/aromatic N) is 1. The highest BCUT2D eigenvalue weighted by atomic mass is 127. The predicted molar refractivity (Wildman–Crippen MR) is 86.6 cm³/mol. The molecule has 116 valence electrons. The van der Waals surface area contributed by atoms with Crippen LogP contribution in [0, 0.1) is 11.7 Å². The normalized spacial score (nSPS) is 24.0. The average molecular weight is 408 g/mol. The van der Waals surface area contributed by atoms with Gasteiger partial charge in [0.1, 0.15) is 17.5 Å². The second-order valence-corrected chi connectivity index (χ2v) is 6.76. The molecule has 0 saturated carbocycles. The van der Waals surface area contributed by atoms with Gasteiger partial charge in [-0.2, -0.15) is 0 Å². The molecule has 1 amide bonds. The summed E-state index contributed by atoms with van der Waals surface area (Å²) >= 11 is 2.12. The van der Waals surface area contributed by atoms with Crippen molar-refractivity contribution in [3.05, 3.63) is 34.6 Å². The number of fused-ring (bicyclic) bond motifs is 1. The smallest absolute Gasteiger partial charge is 0.242 e. The van der Waals surface area contributed by atoms with Crippen molar-refractivity contribution in [1.29, 1.82) is 0 Å². The van der Waals surface area contributed by atoms with Crippen LogP contribution in [0.1, 0.15) is 29.8 Å². The first-order valence-corrected chi connectivity index (χ1v) is 8.26. The largest absolute Gasteiger partial charge is 0.368 e. The maximum Gasteiger partial charge on any atom is 0.242 e. The van der Waals surface area contributed by atoms with E-state index >= 15 is 0 Å². The van der Waals surface area contributed by atoms with E-state index in [-0.39, 0.29) is 5.92 Å². The number of primary amides is 1. The summed E-state index contributed by atoms with van der Waals surface area (Å²) in [4.78, 5) is 13.5. The molecule has 2 rings (SSSR count). The molecule has 0 fully saturated rings. The van der Waals surface area contributed by atoms with Crippen molar-refractivity contribution in [2.45, 2.75) is 25.1 Å². The van der Waals surface area contributed by atoms with Crippen LogP contribution in [0.3, 0.4) is 0 Å². The molecular formula is C15H19F2IN2O. The van der Waals surface area contributed by atoms with Gasteiger partial charge in [-0.15, -0.1) is 0 Å². The summed E-state index contributed by atoms with van der Waals surface area (Å²) in [7, 11) is 3.38. The fourth-order valence-electron chi connectivity index (χ4n) is 2.77. The zero-order valence-corrected chi connectivity index (χ0v) is 14.4. The molecule has 2 N–H and O–H groups in total. The zero-order valence-electron chi connectivity index (χ0n) is 12.3. The van der Waals surface area contributed by atoms with Gasteiger partial charge in [-0.1, -0.05) is 28.7 Å². The Balaban J connectivity index is 2.58. The van der Waals surface area contributed by atoms with Gasteiger partial charge in [0.05, 0.1) is 0 Å². The molecule has 3 atom stereocenters. The quantitative estimate of drug-likeness (QED) is 0.615. The van der Waals surface area contributed by atoms with Gasteiger partial charge in [0.25, 0.3) is 0 Å². The van der Waals surface area contributed by atoms with Gasteiger partial charge in [-0.25, -0.2) is 8.78 Å². The van der Waals surface area contributed by atoms with Crippen LogP contribution in [0.5, 0.6) is 0 Å². The van der Waals surface area contributed by atoms with Gasteiger partial charge in [0.15, 0.2) is 0 Å². The van der Waals surface area contributed by atoms with Gasteiger partial charge in [-0.05, 0) is 50.2 Å². The fraction of sp³-hybridized carbons (Fsp3) is 0.533. The van der Waals surface area contributed by atoms with E-state index in [2.05, 4.69) is 22.6 Å². The molecule has 6 heteroatoms. The van der Waals surface area contributed by atoms with E-state index in [0.29, 0.717) is 27.5 Å². The van der Waals surface area contributed by atoms with Crippen molar-refractivity contribution in [1.82, 2.24) is 4.90 Å². The predicted octanol–water partition coefficient (Wildman–Crippen LogP) is 2.71. The van der Waals surface area contributed by atoms with E-state index in [1.54, 1.807) is 32.0 Å². The molecule has 0 heterocycles. The van der Waals surface area contributed by atoms with Gasteiger partial charge >= 0.3 is 0 Å². The second-order valence-electron chi connectivity index (χ2n) is 5.88. The Bertz CT molecular complexity index is 579. The van der Waals surface area contributed by atoms with Crippen molar-refractivity contribution >= 4 is 28.5 Å². The Labute approximate surface area is 137 Å². The molecule has 3 nitrogen and oxygen atoms in total. The molecule has 0 bridgehead atoms. The minimum atomic E-state index is -1.19. The first-order chi connectivity index (χ1) is 9.73. The minimum absolute atomic E-state index is 0.204. The second kappa shape index (κ2) is 5.79. The molecule has 3 unspecified atom stereocenters. The summed E-state index contributed by atoms with van der Waals surface area (Å²) in [6.45, 7) is 1.62. The topological polar surface area (TPSA) is 46.3 Å². The summed E-state index contributed by atoms with van der Waals surface area (Å²) in [6, 6.07) is 2.91. The number of rotatable bonds is 4. The fourth-order valence-corrected chi connectivity index (χ4v) is 3.53. The Morgan fingerprint density at radius 3 is 2.62 bits per heavy atom. The van der Waals surface area contributed by atoms with Gasteiger partial charge in [0.2, 0.25) is 5.91 Å². The van der Waals surface area contributed by atoms with Crippen LogP contribution in [-0.2, 0) is 16.8 Å². The first-order valence-electron chi connectivity index (χ1n) is 6.73. The third-order valence-electron chi connectivity index (χ3n) is 4.54. The summed E-state index contributed by atoms with van der Waals surface area (Å²) < 4.78 is 29.4. The molecule has 0 aliphatic heterocycles. The summed E-state index contributed by atoms with van der Waals surface area (Å²) in [5.74, 6) is -1.25. The minimum Gasteiger partial charge on any atom is -0.368 e. The number of likely N-dealkylation sites (N-methyl/N-ethyl adjacent to an activating group) is 1. The summed E-state index contributed by atoms with van der Waals surface area (Å²) in [6.07, 6.45) is -0.786. The number of amides is 1. The molecule has 0 radical (unpaired) electrons. The van der Waals surface area contributed by atoms with Crippen LogP contribution in [0.25, 0.3) is 0 Å². The summed E-state index contributed by atoms with van der Waals surface area (Å²) in [5, 5.41) is 0.